The number of hydrogen-bond donors (Lipinski definition) is 0. The van der Waals surface area contributed by atoms with Crippen molar-refractivity contribution in [2.75, 3.05) is 0 Å². The van der Waals surface area contributed by atoms with Gasteiger partial charge in [-0.15, -0.1) is 20.1 Å². The van der Waals surface area contributed by atoms with Crippen molar-refractivity contribution in [3.8, 4) is 23.3 Å². The van der Waals surface area contributed by atoms with Gasteiger partial charge >= 0.3 is 0 Å². The predicted octanol–water partition coefficient (Wildman–Crippen LogP) is 18.4. The summed E-state index contributed by atoms with van der Waals surface area (Å²) in [5.74, 6) is 1.63. The minimum Gasteiger partial charge on any atom is -0.278 e. The van der Waals surface area contributed by atoms with E-state index in [1.807, 2.05) is 0 Å². The van der Waals surface area contributed by atoms with E-state index in [2.05, 4.69) is 306 Å². The van der Waals surface area contributed by atoms with Crippen LogP contribution in [0, 0.1) is 0 Å². The number of nitrogens with zero attached hydrogens (tertiary/aromatic N) is 5. The molecule has 0 radical (unpaired) electrons. The highest BCUT2D eigenvalue weighted by Gasteiger charge is 2.39. The first-order valence-electron chi connectivity index (χ1n) is 25.6. The zero-order valence-corrected chi connectivity index (χ0v) is 43.0. The lowest BCUT2D eigenvalue weighted by atomic mass is 10.2. The molecule has 5 nitrogen and oxygen atoms in total. The van der Waals surface area contributed by atoms with Crippen LogP contribution in [-0.4, -0.2) is 24.1 Å². The average molecular weight is 1010 g/mol. The second kappa shape index (κ2) is 18.9. The molecule has 0 amide bonds. The molecule has 7 heteroatoms. The van der Waals surface area contributed by atoms with Gasteiger partial charge in [0.2, 0.25) is 11.9 Å². The molecule has 0 N–H and O–H groups in total. The number of fused-ring (bicyclic) bond motifs is 6. The third-order valence-electron chi connectivity index (χ3n) is 14.6. The normalized spacial score (nSPS) is 12.4. The van der Waals surface area contributed by atoms with Crippen LogP contribution in [0.25, 0.3) is 66.9 Å². The van der Waals surface area contributed by atoms with E-state index in [-0.39, 0.29) is 0 Å². The minimum absolute atomic E-state index is 0.534. The van der Waals surface area contributed by atoms with Crippen LogP contribution < -0.4 is 0 Å². The molecule has 14 aromatic rings. The summed E-state index contributed by atoms with van der Waals surface area (Å²) in [5.41, 5.74) is 4.96. The highest BCUT2D eigenvalue weighted by atomic mass is 32.3. The summed E-state index contributed by atoms with van der Waals surface area (Å²) in [7, 11) is -4.52. The molecule has 0 fully saturated rings. The summed E-state index contributed by atoms with van der Waals surface area (Å²) in [6.07, 6.45) is 0. The Kier molecular flexibility index (Phi) is 11.3. The largest absolute Gasteiger partial charge is 0.278 e. The second-order valence-electron chi connectivity index (χ2n) is 18.8. The molecule has 0 spiro atoms. The number of para-hydroxylation sites is 4. The summed E-state index contributed by atoms with van der Waals surface area (Å²) in [5, 5.41) is 4.52. The molecule has 3 aromatic heterocycles. The Morgan fingerprint density at radius 3 is 0.724 bits per heavy atom. The molecular weight excluding hydrogens is 963 g/mol. The van der Waals surface area contributed by atoms with Crippen molar-refractivity contribution >= 4 is 63.7 Å². The van der Waals surface area contributed by atoms with Gasteiger partial charge in [-0.05, 0) is 115 Å². The van der Waals surface area contributed by atoms with Gasteiger partial charge in [-0.2, -0.15) is 15.0 Å². The van der Waals surface area contributed by atoms with Gasteiger partial charge < -0.3 is 0 Å². The summed E-state index contributed by atoms with van der Waals surface area (Å²) in [4.78, 5) is 26.8. The van der Waals surface area contributed by atoms with Crippen molar-refractivity contribution in [1.29, 1.82) is 0 Å². The van der Waals surface area contributed by atoms with Crippen LogP contribution in [0.5, 0.6) is 0 Å². The van der Waals surface area contributed by atoms with E-state index in [1.165, 1.54) is 39.2 Å². The molecule has 0 atom stereocenters. The molecule has 11 aromatic carbocycles. The molecule has 3 heterocycles. The van der Waals surface area contributed by atoms with E-state index >= 15 is 0 Å². The molecule has 0 unspecified atom stereocenters. The standard InChI is InChI=1S/C69H49N5S2/c1-7-27-51(28-8-1)75(52-29-9-2-10-30-52,53-31-11-3-12-32-53)57-47-50(48-58(49-57)76(54-33-13-4-14-34-54,55-35-15-5-16-36-55)56-37-17-6-18-38-56)67-70-68(73-63-43-23-19-39-59(63)60-40-20-24-44-64(60)73)72-69(71-67)74-65-45-25-21-41-61(65)62-42-22-26-46-66(62)74/h1-49H. The van der Waals surface area contributed by atoms with Crippen molar-refractivity contribution in [2.45, 2.75) is 39.2 Å². The lowest BCUT2D eigenvalue weighted by Crippen LogP contribution is -2.12. The maximum atomic E-state index is 5.75. The Bertz CT molecular complexity index is 3820. The van der Waals surface area contributed by atoms with Crippen molar-refractivity contribution in [3.63, 3.8) is 0 Å². The Labute approximate surface area is 444 Å². The van der Waals surface area contributed by atoms with Gasteiger partial charge in [-0.1, -0.05) is 182 Å². The average Bonchev–Trinajstić information content (AvgIpc) is 4.06. The van der Waals surface area contributed by atoms with E-state index in [0.29, 0.717) is 17.7 Å². The van der Waals surface area contributed by atoms with Crippen LogP contribution in [0.2, 0.25) is 0 Å². The maximum absolute atomic E-state index is 5.75. The molecule has 14 rings (SSSR count). The second-order valence-corrected chi connectivity index (χ2v) is 25.0. The number of aromatic nitrogens is 5. The molecule has 0 aliphatic heterocycles. The topological polar surface area (TPSA) is 48.5 Å². The Morgan fingerprint density at radius 1 is 0.224 bits per heavy atom. The van der Waals surface area contributed by atoms with Crippen LogP contribution >= 0.6 is 20.1 Å². The molecule has 0 aliphatic rings. The van der Waals surface area contributed by atoms with E-state index in [9.17, 15) is 0 Å². The quantitative estimate of drug-likeness (QED) is 0.130. The summed E-state index contributed by atoms with van der Waals surface area (Å²) in [6, 6.07) is 108. The summed E-state index contributed by atoms with van der Waals surface area (Å²) in [6.45, 7) is 0. The van der Waals surface area contributed by atoms with Gasteiger partial charge in [0.1, 0.15) is 0 Å². The first kappa shape index (κ1) is 45.4. The molecule has 0 bridgehead atoms. The molecule has 362 valence electrons. The zero-order chi connectivity index (χ0) is 50.5. The van der Waals surface area contributed by atoms with E-state index < -0.39 is 20.1 Å². The fraction of sp³-hybridized carbons (Fsp3) is 0. The van der Waals surface area contributed by atoms with Crippen LogP contribution in [0.3, 0.4) is 0 Å². The highest BCUT2D eigenvalue weighted by molar-refractivity contribution is 8.34. The fourth-order valence-electron chi connectivity index (χ4n) is 11.4. The van der Waals surface area contributed by atoms with Crippen molar-refractivity contribution in [2.24, 2.45) is 0 Å². The van der Waals surface area contributed by atoms with Gasteiger partial charge in [-0.3, -0.25) is 9.13 Å². The van der Waals surface area contributed by atoms with Gasteiger partial charge in [0.05, 0.1) is 22.1 Å². The van der Waals surface area contributed by atoms with Gasteiger partial charge in [0.25, 0.3) is 0 Å². The first-order valence-corrected chi connectivity index (χ1v) is 28.8. The van der Waals surface area contributed by atoms with E-state index in [1.54, 1.807) is 0 Å². The highest BCUT2D eigenvalue weighted by Crippen LogP contribution is 2.77. The lowest BCUT2D eigenvalue weighted by molar-refractivity contribution is 0.892. The fourth-order valence-corrected chi connectivity index (χ4v) is 19.3. The predicted molar refractivity (Wildman–Crippen MR) is 314 cm³/mol. The smallest absolute Gasteiger partial charge is 0.240 e. The third kappa shape index (κ3) is 7.23. The maximum Gasteiger partial charge on any atom is 0.240 e. The number of hydrogen-bond acceptors (Lipinski definition) is 3. The monoisotopic (exact) mass is 1010 g/mol. The van der Waals surface area contributed by atoms with Crippen LogP contribution in [-0.2, 0) is 0 Å². The third-order valence-corrected chi connectivity index (χ3v) is 22.4. The SMILES string of the molecule is c1ccc(S(c2ccccc2)(c2ccccc2)c2cc(-c3nc(-n4c5ccccc5c5ccccc54)nc(-n4c5ccccc5c5ccccc54)n3)cc(S(c3ccccc3)(c3ccccc3)c3ccccc3)c2)cc1. The van der Waals surface area contributed by atoms with Crippen LogP contribution in [0.1, 0.15) is 0 Å². The summed E-state index contributed by atoms with van der Waals surface area (Å²) < 4.78 is 4.44. The van der Waals surface area contributed by atoms with E-state index in [4.69, 9.17) is 15.0 Å². The summed E-state index contributed by atoms with van der Waals surface area (Å²) >= 11 is 0. The molecule has 0 aliphatic carbocycles. The lowest BCUT2D eigenvalue weighted by Gasteiger charge is -2.45. The van der Waals surface area contributed by atoms with Gasteiger partial charge in [0, 0.05) is 66.3 Å². The first-order chi connectivity index (χ1) is 37.7. The Hall–Kier alpha value is -9.27. The van der Waals surface area contributed by atoms with Gasteiger partial charge in [0.15, 0.2) is 5.82 Å². The van der Waals surface area contributed by atoms with Crippen molar-refractivity contribution < 1.29 is 0 Å². The minimum atomic E-state index is -2.26. The van der Waals surface area contributed by atoms with Gasteiger partial charge in [-0.25, -0.2) is 0 Å². The number of benzene rings is 11. The Balaban J connectivity index is 1.18. The van der Waals surface area contributed by atoms with Crippen LogP contribution in [0.15, 0.2) is 336 Å². The number of rotatable bonds is 11. The molecular formula is C69H49N5S2. The van der Waals surface area contributed by atoms with Crippen LogP contribution in [0.4, 0.5) is 0 Å². The van der Waals surface area contributed by atoms with E-state index in [0.717, 1.165) is 49.2 Å². The zero-order valence-electron chi connectivity index (χ0n) is 41.3. The van der Waals surface area contributed by atoms with Crippen molar-refractivity contribution in [3.05, 3.63) is 297 Å². The molecule has 0 saturated carbocycles. The Morgan fingerprint density at radius 2 is 0.461 bits per heavy atom. The molecule has 76 heavy (non-hydrogen) atoms. The molecule has 0 saturated heterocycles. The van der Waals surface area contributed by atoms with Crippen molar-refractivity contribution in [1.82, 2.24) is 24.1 Å².